The van der Waals surface area contributed by atoms with E-state index in [2.05, 4.69) is 12.2 Å². The Bertz CT molecular complexity index is 1110. The molecule has 1 aliphatic rings. The maximum atomic E-state index is 13.1. The second kappa shape index (κ2) is 10.7. The molecule has 2 amide bonds. The van der Waals surface area contributed by atoms with Crippen LogP contribution >= 0.6 is 11.6 Å². The Morgan fingerprint density at radius 2 is 1.94 bits per heavy atom. The van der Waals surface area contributed by atoms with Crippen molar-refractivity contribution in [3.63, 3.8) is 0 Å². The molecule has 174 valence electrons. The normalized spacial score (nSPS) is 16.1. The Kier molecular flexibility index (Phi) is 7.50. The Morgan fingerprint density at radius 3 is 2.73 bits per heavy atom. The highest BCUT2D eigenvalue weighted by molar-refractivity contribution is 6.30. The first-order valence-corrected chi connectivity index (χ1v) is 11.8. The van der Waals surface area contributed by atoms with Gasteiger partial charge in [0.15, 0.2) is 6.61 Å². The molecule has 33 heavy (non-hydrogen) atoms. The zero-order chi connectivity index (χ0) is 23.2. The first-order chi connectivity index (χ1) is 16.0. The van der Waals surface area contributed by atoms with Crippen LogP contribution in [0, 0.1) is 0 Å². The number of hydrogen-bond acceptors (Lipinski definition) is 4. The Labute approximate surface area is 198 Å². The van der Waals surface area contributed by atoms with Crippen LogP contribution in [-0.2, 0) is 22.6 Å². The van der Waals surface area contributed by atoms with E-state index < -0.39 is 0 Å². The van der Waals surface area contributed by atoms with E-state index in [1.54, 1.807) is 24.3 Å². The van der Waals surface area contributed by atoms with Gasteiger partial charge in [-0.15, -0.1) is 0 Å². The minimum atomic E-state index is -0.217. The number of rotatable bonds is 8. The minimum absolute atomic E-state index is 0.0800. The topological polar surface area (TPSA) is 76.5 Å². The van der Waals surface area contributed by atoms with E-state index in [1.807, 2.05) is 33.7 Å². The standard InChI is InChI=1S/C25H29ClN4O3/c1-18-6-4-5-15-29(18)25(32)16-30-22-8-3-2-7-21(22)28-23(30)13-14-27-24(31)17-33-20-11-9-19(26)10-12-20/h2-3,7-12,18H,4-6,13-17H2,1H3,(H,27,31). The van der Waals surface area contributed by atoms with Crippen LogP contribution in [-0.4, -0.2) is 52.0 Å². The number of hydrogen-bond donors (Lipinski definition) is 1. The molecule has 1 aliphatic heterocycles. The number of ether oxygens (including phenoxy) is 1. The van der Waals surface area contributed by atoms with Gasteiger partial charge >= 0.3 is 0 Å². The van der Waals surface area contributed by atoms with Crippen molar-refractivity contribution in [2.45, 2.75) is 45.2 Å². The molecule has 0 saturated carbocycles. The first-order valence-electron chi connectivity index (χ1n) is 11.4. The van der Waals surface area contributed by atoms with Crippen LogP contribution < -0.4 is 10.1 Å². The molecular formula is C25H29ClN4O3. The number of aromatic nitrogens is 2. The summed E-state index contributed by atoms with van der Waals surface area (Å²) in [5.74, 6) is 1.27. The molecule has 0 spiro atoms. The maximum Gasteiger partial charge on any atom is 0.257 e. The average Bonchev–Trinajstić information content (AvgIpc) is 3.16. The van der Waals surface area contributed by atoms with Crippen molar-refractivity contribution in [3.05, 3.63) is 59.4 Å². The maximum absolute atomic E-state index is 13.1. The average molecular weight is 469 g/mol. The predicted molar refractivity (Wildman–Crippen MR) is 128 cm³/mol. The SMILES string of the molecule is CC1CCCCN1C(=O)Cn1c(CCNC(=O)COc2ccc(Cl)cc2)nc2ccccc21. The van der Waals surface area contributed by atoms with Gasteiger partial charge in [-0.2, -0.15) is 0 Å². The second-order valence-electron chi connectivity index (χ2n) is 8.38. The highest BCUT2D eigenvalue weighted by atomic mass is 35.5. The summed E-state index contributed by atoms with van der Waals surface area (Å²) in [4.78, 5) is 32.0. The van der Waals surface area contributed by atoms with Gasteiger partial charge in [0.1, 0.15) is 18.1 Å². The number of amides is 2. The number of nitrogens with one attached hydrogen (secondary N) is 1. The van der Waals surface area contributed by atoms with Crippen LogP contribution in [0.2, 0.25) is 5.02 Å². The summed E-state index contributed by atoms with van der Waals surface area (Å²) in [6.45, 7) is 3.51. The lowest BCUT2D eigenvalue weighted by Crippen LogP contribution is -2.43. The largest absolute Gasteiger partial charge is 0.484 e. The summed E-state index contributed by atoms with van der Waals surface area (Å²) in [6, 6.07) is 15.0. The van der Waals surface area contributed by atoms with Crippen LogP contribution in [0.4, 0.5) is 0 Å². The number of halogens is 1. The lowest BCUT2D eigenvalue weighted by atomic mass is 10.0. The van der Waals surface area contributed by atoms with E-state index in [9.17, 15) is 9.59 Å². The molecule has 4 rings (SSSR count). The van der Waals surface area contributed by atoms with Crippen molar-refractivity contribution in [1.82, 2.24) is 19.8 Å². The summed E-state index contributed by atoms with van der Waals surface area (Å²) < 4.78 is 7.47. The van der Waals surface area contributed by atoms with E-state index >= 15 is 0 Å². The lowest BCUT2D eigenvalue weighted by molar-refractivity contribution is -0.135. The van der Waals surface area contributed by atoms with Crippen molar-refractivity contribution >= 4 is 34.4 Å². The number of imidazole rings is 1. The van der Waals surface area contributed by atoms with Gasteiger partial charge in [-0.3, -0.25) is 9.59 Å². The molecule has 0 radical (unpaired) electrons. The zero-order valence-corrected chi connectivity index (χ0v) is 19.6. The molecule has 1 atom stereocenters. The molecule has 3 aromatic rings. The number of carbonyl (C=O) groups excluding carboxylic acids is 2. The van der Waals surface area contributed by atoms with E-state index in [4.69, 9.17) is 21.3 Å². The molecule has 1 unspecified atom stereocenters. The van der Waals surface area contributed by atoms with Crippen LogP contribution in [0.15, 0.2) is 48.5 Å². The van der Waals surface area contributed by atoms with Crippen molar-refractivity contribution in [3.8, 4) is 5.75 Å². The molecule has 1 N–H and O–H groups in total. The molecule has 2 aromatic carbocycles. The van der Waals surface area contributed by atoms with Gasteiger partial charge in [0.05, 0.1) is 11.0 Å². The highest BCUT2D eigenvalue weighted by Crippen LogP contribution is 2.20. The fourth-order valence-electron chi connectivity index (χ4n) is 4.23. The van der Waals surface area contributed by atoms with Crippen LogP contribution in [0.1, 0.15) is 32.0 Å². The predicted octanol–water partition coefficient (Wildman–Crippen LogP) is 3.83. The number of carbonyl (C=O) groups is 2. The van der Waals surface area contributed by atoms with Crippen molar-refractivity contribution in [1.29, 1.82) is 0 Å². The van der Waals surface area contributed by atoms with E-state index in [-0.39, 0.29) is 31.0 Å². The molecule has 0 bridgehead atoms. The van der Waals surface area contributed by atoms with Gasteiger partial charge in [-0.05, 0) is 62.6 Å². The smallest absolute Gasteiger partial charge is 0.257 e. The third kappa shape index (κ3) is 5.85. The van der Waals surface area contributed by atoms with Gasteiger partial charge in [0.25, 0.3) is 5.91 Å². The van der Waals surface area contributed by atoms with Crippen molar-refractivity contribution in [2.75, 3.05) is 19.7 Å². The van der Waals surface area contributed by atoms with Gasteiger partial charge < -0.3 is 19.5 Å². The summed E-state index contributed by atoms with van der Waals surface area (Å²) in [5, 5.41) is 3.48. The Hall–Kier alpha value is -3.06. The molecule has 1 saturated heterocycles. The fraction of sp³-hybridized carbons (Fsp3) is 0.400. The van der Waals surface area contributed by atoms with Gasteiger partial charge in [0.2, 0.25) is 5.91 Å². The molecule has 1 aromatic heterocycles. The number of benzene rings is 2. The number of likely N-dealkylation sites (tertiary alicyclic amines) is 1. The molecule has 0 aliphatic carbocycles. The minimum Gasteiger partial charge on any atom is -0.484 e. The summed E-state index contributed by atoms with van der Waals surface area (Å²) in [6.07, 6.45) is 3.79. The molecule has 7 nitrogen and oxygen atoms in total. The van der Waals surface area contributed by atoms with Crippen molar-refractivity contribution in [2.24, 2.45) is 0 Å². The second-order valence-corrected chi connectivity index (χ2v) is 8.81. The monoisotopic (exact) mass is 468 g/mol. The van der Waals surface area contributed by atoms with Crippen molar-refractivity contribution < 1.29 is 14.3 Å². The van der Waals surface area contributed by atoms with E-state index in [1.165, 1.54) is 6.42 Å². The fourth-order valence-corrected chi connectivity index (χ4v) is 4.36. The van der Waals surface area contributed by atoms with Crippen LogP contribution in [0.3, 0.4) is 0 Å². The number of para-hydroxylation sites is 2. The van der Waals surface area contributed by atoms with Gasteiger partial charge in [-0.1, -0.05) is 23.7 Å². The van der Waals surface area contributed by atoms with Crippen LogP contribution in [0.25, 0.3) is 11.0 Å². The third-order valence-corrected chi connectivity index (χ3v) is 6.26. The zero-order valence-electron chi connectivity index (χ0n) is 18.8. The highest BCUT2D eigenvalue weighted by Gasteiger charge is 2.24. The third-order valence-electron chi connectivity index (χ3n) is 6.00. The Balaban J connectivity index is 1.37. The first kappa shape index (κ1) is 23.1. The summed E-state index contributed by atoms with van der Waals surface area (Å²) in [5.41, 5.74) is 1.78. The van der Waals surface area contributed by atoms with E-state index in [0.29, 0.717) is 23.7 Å². The van der Waals surface area contributed by atoms with E-state index in [0.717, 1.165) is 36.2 Å². The summed E-state index contributed by atoms with van der Waals surface area (Å²) >= 11 is 5.86. The van der Waals surface area contributed by atoms with Gasteiger partial charge in [0, 0.05) is 30.6 Å². The lowest BCUT2D eigenvalue weighted by Gasteiger charge is -2.33. The molecule has 2 heterocycles. The Morgan fingerprint density at radius 1 is 1.15 bits per heavy atom. The molecule has 1 fully saturated rings. The quantitative estimate of drug-likeness (QED) is 0.545. The molecular weight excluding hydrogens is 440 g/mol. The number of fused-ring (bicyclic) bond motifs is 1. The number of piperidine rings is 1. The van der Waals surface area contributed by atoms with Crippen LogP contribution in [0.5, 0.6) is 5.75 Å². The van der Waals surface area contributed by atoms with Gasteiger partial charge in [-0.25, -0.2) is 4.98 Å². The molecule has 8 heteroatoms. The number of nitrogens with zero attached hydrogens (tertiary/aromatic N) is 3. The summed E-state index contributed by atoms with van der Waals surface area (Å²) in [7, 11) is 0.